The second kappa shape index (κ2) is 11.6. The predicted octanol–water partition coefficient (Wildman–Crippen LogP) is 3.88. The normalized spacial score (nSPS) is 24.5. The van der Waals surface area contributed by atoms with Crippen molar-refractivity contribution in [2.45, 2.75) is 56.4 Å². The van der Waals surface area contributed by atoms with E-state index in [9.17, 15) is 5.11 Å². The number of aliphatic hydroxyl groups excluding tert-OH is 1. The number of hydrogen-bond acceptors (Lipinski definition) is 6. The van der Waals surface area contributed by atoms with Crippen LogP contribution in [0.25, 0.3) is 0 Å². The van der Waals surface area contributed by atoms with Gasteiger partial charge in [-0.05, 0) is 18.1 Å². The molecule has 0 bridgehead atoms. The van der Waals surface area contributed by atoms with Crippen molar-refractivity contribution >= 4 is 16.9 Å². The second-order valence-electron chi connectivity index (χ2n) is 7.92. The van der Waals surface area contributed by atoms with E-state index in [1.54, 1.807) is 11.8 Å². The molecular formula is C24H32N2O4S. The lowest BCUT2D eigenvalue weighted by Gasteiger charge is -2.42. The molecule has 0 radical (unpaired) electrons. The number of ether oxygens (including phenoxy) is 3. The Hall–Kier alpha value is -1.90. The zero-order valence-electron chi connectivity index (χ0n) is 18.3. The highest BCUT2D eigenvalue weighted by molar-refractivity contribution is 8.14. The Labute approximate surface area is 189 Å². The lowest BCUT2D eigenvalue weighted by molar-refractivity contribution is -0.212. The highest BCUT2D eigenvalue weighted by Gasteiger charge is 2.43. The molecule has 0 amide bonds. The molecule has 3 unspecified atom stereocenters. The van der Waals surface area contributed by atoms with Crippen LogP contribution in [0.15, 0.2) is 60.7 Å². The van der Waals surface area contributed by atoms with Gasteiger partial charge in [0.25, 0.3) is 0 Å². The maximum absolute atomic E-state index is 10.5. The molecule has 168 valence electrons. The van der Waals surface area contributed by atoms with E-state index in [0.29, 0.717) is 24.8 Å². The number of aliphatic hydroxyl groups is 1. The number of nitrogens with one attached hydrogen (secondary N) is 1. The van der Waals surface area contributed by atoms with E-state index in [1.807, 2.05) is 74.8 Å². The van der Waals surface area contributed by atoms with Gasteiger partial charge in [-0.25, -0.2) is 0 Å². The molecule has 1 aliphatic rings. The van der Waals surface area contributed by atoms with Crippen molar-refractivity contribution in [3.05, 3.63) is 71.8 Å². The molecule has 5 atom stereocenters. The number of benzene rings is 2. The Morgan fingerprint density at radius 3 is 2.13 bits per heavy atom. The molecule has 3 rings (SSSR count). The Morgan fingerprint density at radius 2 is 1.61 bits per heavy atom. The molecule has 7 heteroatoms. The topological polar surface area (TPSA) is 75.0 Å². The molecule has 2 aromatic carbocycles. The monoisotopic (exact) mass is 444 g/mol. The van der Waals surface area contributed by atoms with Crippen LogP contribution in [0.1, 0.15) is 24.5 Å². The fourth-order valence-corrected chi connectivity index (χ4v) is 4.38. The summed E-state index contributed by atoms with van der Waals surface area (Å²) in [6.45, 7) is 2.57. The SMILES string of the molecule is CC(O)C1O[C@H](SC(=N)N(C)C)CC(OCc2ccccc2)[C@@H]1OCc1ccccc1. The molecule has 1 saturated heterocycles. The summed E-state index contributed by atoms with van der Waals surface area (Å²) in [6.07, 6.45) is -1.42. The lowest BCUT2D eigenvalue weighted by Crippen LogP contribution is -2.54. The van der Waals surface area contributed by atoms with Crippen LogP contribution in [0.5, 0.6) is 0 Å². The zero-order valence-corrected chi connectivity index (χ0v) is 19.1. The highest BCUT2D eigenvalue weighted by atomic mass is 32.2. The van der Waals surface area contributed by atoms with Gasteiger partial charge in [0, 0.05) is 20.5 Å². The minimum Gasteiger partial charge on any atom is -0.391 e. The van der Waals surface area contributed by atoms with E-state index in [4.69, 9.17) is 19.6 Å². The van der Waals surface area contributed by atoms with Crippen molar-refractivity contribution in [1.29, 1.82) is 5.41 Å². The lowest BCUT2D eigenvalue weighted by atomic mass is 9.98. The van der Waals surface area contributed by atoms with Crippen LogP contribution < -0.4 is 0 Å². The van der Waals surface area contributed by atoms with E-state index in [1.165, 1.54) is 11.8 Å². The summed E-state index contributed by atoms with van der Waals surface area (Å²) >= 11 is 1.33. The van der Waals surface area contributed by atoms with Crippen molar-refractivity contribution in [2.24, 2.45) is 0 Å². The number of amidine groups is 1. The van der Waals surface area contributed by atoms with Gasteiger partial charge in [-0.1, -0.05) is 72.4 Å². The number of rotatable bonds is 8. The molecule has 0 aromatic heterocycles. The number of hydrogen-bond donors (Lipinski definition) is 2. The van der Waals surface area contributed by atoms with Crippen LogP contribution in [-0.2, 0) is 27.4 Å². The molecule has 1 fully saturated rings. The largest absolute Gasteiger partial charge is 0.391 e. The maximum Gasteiger partial charge on any atom is 0.158 e. The molecule has 2 N–H and O–H groups in total. The van der Waals surface area contributed by atoms with E-state index >= 15 is 0 Å². The third kappa shape index (κ3) is 7.05. The summed E-state index contributed by atoms with van der Waals surface area (Å²) in [6, 6.07) is 20.0. The number of thioether (sulfide) groups is 1. The fourth-order valence-electron chi connectivity index (χ4n) is 3.45. The van der Waals surface area contributed by atoms with Crippen molar-refractivity contribution in [2.75, 3.05) is 14.1 Å². The van der Waals surface area contributed by atoms with Gasteiger partial charge in [0.05, 0.1) is 25.4 Å². The molecule has 1 heterocycles. The van der Waals surface area contributed by atoms with Crippen molar-refractivity contribution in [3.8, 4) is 0 Å². The fraction of sp³-hybridized carbons (Fsp3) is 0.458. The summed E-state index contributed by atoms with van der Waals surface area (Å²) < 4.78 is 18.8. The third-order valence-corrected chi connectivity index (χ3v) is 6.30. The van der Waals surface area contributed by atoms with Crippen molar-refractivity contribution in [3.63, 3.8) is 0 Å². The van der Waals surface area contributed by atoms with Crippen molar-refractivity contribution < 1.29 is 19.3 Å². The van der Waals surface area contributed by atoms with Gasteiger partial charge in [-0.3, -0.25) is 5.41 Å². The standard InChI is InChI=1S/C24H32N2O4S/c1-17(27)22-23(29-16-19-12-8-5-9-13-19)20(28-15-18-10-6-4-7-11-18)14-21(30-22)31-24(25)26(2)3/h4-13,17,20-23,25,27H,14-16H2,1-3H3/t17?,20?,21-,22?,23+/m1/s1. The first-order chi connectivity index (χ1) is 14.9. The van der Waals surface area contributed by atoms with Gasteiger partial charge in [0.1, 0.15) is 17.6 Å². The molecule has 6 nitrogen and oxygen atoms in total. The van der Waals surface area contributed by atoms with Gasteiger partial charge >= 0.3 is 0 Å². The molecule has 0 saturated carbocycles. The third-order valence-electron chi connectivity index (χ3n) is 5.14. The summed E-state index contributed by atoms with van der Waals surface area (Å²) in [5.74, 6) is 0. The van der Waals surface area contributed by atoms with Gasteiger partial charge in [0.15, 0.2) is 5.17 Å². The average molecular weight is 445 g/mol. The van der Waals surface area contributed by atoms with Crippen LogP contribution in [0.3, 0.4) is 0 Å². The zero-order chi connectivity index (χ0) is 22.2. The average Bonchev–Trinajstić information content (AvgIpc) is 2.77. The molecule has 31 heavy (non-hydrogen) atoms. The maximum atomic E-state index is 10.5. The first-order valence-electron chi connectivity index (χ1n) is 10.5. The molecule has 2 aromatic rings. The summed E-state index contributed by atoms with van der Waals surface area (Å²) in [5, 5.41) is 19.1. The first-order valence-corrected chi connectivity index (χ1v) is 11.4. The Morgan fingerprint density at radius 1 is 1.06 bits per heavy atom. The van der Waals surface area contributed by atoms with Gasteiger partial charge in [-0.15, -0.1) is 0 Å². The van der Waals surface area contributed by atoms with Crippen LogP contribution in [0, 0.1) is 5.41 Å². The Bertz CT molecular complexity index is 804. The van der Waals surface area contributed by atoms with Gasteiger partial charge in [0.2, 0.25) is 0 Å². The quantitative estimate of drug-likeness (QED) is 0.475. The Balaban J connectivity index is 1.75. The number of nitrogens with zero attached hydrogens (tertiary/aromatic N) is 1. The second-order valence-corrected chi connectivity index (χ2v) is 9.07. The highest BCUT2D eigenvalue weighted by Crippen LogP contribution is 2.34. The van der Waals surface area contributed by atoms with Crippen molar-refractivity contribution in [1.82, 2.24) is 4.90 Å². The van der Waals surface area contributed by atoms with Crippen LogP contribution in [0.4, 0.5) is 0 Å². The van der Waals surface area contributed by atoms with Gasteiger partial charge < -0.3 is 24.2 Å². The van der Waals surface area contributed by atoms with E-state index in [0.717, 1.165) is 11.1 Å². The minimum absolute atomic E-state index is 0.273. The first kappa shape index (κ1) is 23.8. The molecule has 0 spiro atoms. The summed E-state index contributed by atoms with van der Waals surface area (Å²) in [7, 11) is 3.67. The minimum atomic E-state index is -0.736. The van der Waals surface area contributed by atoms with Crippen LogP contribution >= 0.6 is 11.8 Å². The summed E-state index contributed by atoms with van der Waals surface area (Å²) in [4.78, 5) is 1.74. The molecule has 1 aliphatic heterocycles. The predicted molar refractivity (Wildman–Crippen MR) is 124 cm³/mol. The van der Waals surface area contributed by atoms with E-state index in [-0.39, 0.29) is 11.5 Å². The van der Waals surface area contributed by atoms with Gasteiger partial charge in [-0.2, -0.15) is 0 Å². The van der Waals surface area contributed by atoms with Crippen LogP contribution in [0.2, 0.25) is 0 Å². The molecular weight excluding hydrogens is 412 g/mol. The Kier molecular flexibility index (Phi) is 8.92. The van der Waals surface area contributed by atoms with E-state index in [2.05, 4.69) is 0 Å². The smallest absolute Gasteiger partial charge is 0.158 e. The van der Waals surface area contributed by atoms with E-state index < -0.39 is 18.3 Å². The van der Waals surface area contributed by atoms with Crippen LogP contribution in [-0.4, -0.2) is 59.1 Å². The summed E-state index contributed by atoms with van der Waals surface area (Å²) in [5.41, 5.74) is 1.83. The molecule has 0 aliphatic carbocycles.